The van der Waals surface area contributed by atoms with Crippen LogP contribution in [0.15, 0.2) is 138 Å². The van der Waals surface area contributed by atoms with Crippen molar-refractivity contribution in [1.29, 1.82) is 0 Å². The van der Waals surface area contributed by atoms with Crippen molar-refractivity contribution >= 4 is 136 Å². The van der Waals surface area contributed by atoms with E-state index in [0.29, 0.717) is 0 Å². The number of para-hydroxylation sites is 1. The summed E-state index contributed by atoms with van der Waals surface area (Å²) in [5.41, 5.74) is 17.7. The smallest absolute Gasteiger partial charge is 0.198 e. The lowest BCUT2D eigenvalue weighted by molar-refractivity contribution is 0.332. The van der Waals surface area contributed by atoms with Crippen molar-refractivity contribution in [2.75, 3.05) is 5.32 Å². The molecular weight excluding hydrogens is 840 g/mol. The van der Waals surface area contributed by atoms with Gasteiger partial charge in [-0.1, -0.05) is 121 Å². The van der Waals surface area contributed by atoms with Gasteiger partial charge in [0.15, 0.2) is 7.28 Å². The number of anilines is 2. The maximum atomic E-state index is 6.60. The zero-order chi connectivity index (χ0) is 44.6. The average molecular weight is 889 g/mol. The highest BCUT2D eigenvalue weighted by molar-refractivity contribution is 7.26. The molecule has 320 valence electrons. The van der Waals surface area contributed by atoms with E-state index in [1.807, 2.05) is 22.7 Å². The Morgan fingerprint density at radius 3 is 2.05 bits per heavy atom. The van der Waals surface area contributed by atoms with Crippen LogP contribution in [0.4, 0.5) is 11.4 Å². The van der Waals surface area contributed by atoms with Crippen LogP contribution in [0.3, 0.4) is 0 Å². The molecule has 3 nitrogen and oxygen atoms in total. The summed E-state index contributed by atoms with van der Waals surface area (Å²) in [5.74, 6) is 0. The van der Waals surface area contributed by atoms with E-state index < -0.39 is 0 Å². The number of furan rings is 1. The van der Waals surface area contributed by atoms with E-state index in [2.05, 4.69) is 192 Å². The van der Waals surface area contributed by atoms with Gasteiger partial charge in [-0.15, -0.1) is 22.7 Å². The van der Waals surface area contributed by atoms with Crippen LogP contribution in [0.5, 0.6) is 0 Å². The number of nitrogens with zero attached hydrogens (tertiary/aromatic N) is 1. The molecule has 0 unspecified atom stereocenters. The van der Waals surface area contributed by atoms with Crippen molar-refractivity contribution < 1.29 is 4.42 Å². The largest absolute Gasteiger partial charge is 0.456 e. The van der Waals surface area contributed by atoms with Crippen LogP contribution in [0.2, 0.25) is 0 Å². The van der Waals surface area contributed by atoms with Crippen molar-refractivity contribution in [3.8, 4) is 16.8 Å². The second-order valence-electron chi connectivity index (χ2n) is 21.6. The second kappa shape index (κ2) is 13.2. The fourth-order valence-electron chi connectivity index (χ4n) is 11.8. The zero-order valence-electron chi connectivity index (χ0n) is 38.5. The van der Waals surface area contributed by atoms with Gasteiger partial charge in [0.2, 0.25) is 0 Å². The average Bonchev–Trinajstić information content (AvgIpc) is 4.05. The third-order valence-corrected chi connectivity index (χ3v) is 17.9. The van der Waals surface area contributed by atoms with Crippen molar-refractivity contribution in [1.82, 2.24) is 4.57 Å². The summed E-state index contributed by atoms with van der Waals surface area (Å²) >= 11 is 3.83. The van der Waals surface area contributed by atoms with Gasteiger partial charge in [-0.2, -0.15) is 0 Å². The number of aromatic nitrogens is 1. The first-order valence-electron chi connectivity index (χ1n) is 23.6. The standard InChI is InChI=1S/C60H49BN2OS2/c1-58(2,3)32-16-18-33(19-17-32)62-47-29-54-42(43-26-44-45(28-53(43)66-54)60(6,7)23-22-59(44,4)5)24-38(47)36-20-21-37-39-25-41-35-13-9-11-15-52(35)65-55(41)31-48(39)63-49-30-51-40(27-46(49)61-56(36)57(37)63)34-12-8-10-14-50(34)64-51/h8-21,24-31,61-62H,22-23H2,1-7H3. The molecule has 0 amide bonds. The summed E-state index contributed by atoms with van der Waals surface area (Å²) in [5, 5.41) is 14.3. The van der Waals surface area contributed by atoms with E-state index in [1.54, 1.807) is 0 Å². The SMILES string of the molecule is CC(C)(C)c1ccc(Nc2cc3sc4cc5c(cc4c3cc2-c2ccc3c4cc6c(cc4n4c3c2Bc2cc3c(cc2-4)oc2ccccc23)sc2ccccc26)C(C)(C)CCC5(C)C)cc1. The van der Waals surface area contributed by atoms with Crippen molar-refractivity contribution in [3.63, 3.8) is 0 Å². The topological polar surface area (TPSA) is 30.1 Å². The molecule has 8 aromatic carbocycles. The Kier molecular flexibility index (Phi) is 7.77. The van der Waals surface area contributed by atoms with Gasteiger partial charge in [0.25, 0.3) is 0 Å². The molecule has 14 rings (SSSR count). The van der Waals surface area contributed by atoms with E-state index in [-0.39, 0.29) is 16.2 Å². The third kappa shape index (κ3) is 5.49. The summed E-state index contributed by atoms with van der Waals surface area (Å²) in [4.78, 5) is 0. The second-order valence-corrected chi connectivity index (χ2v) is 23.8. The predicted octanol–water partition coefficient (Wildman–Crippen LogP) is 16.2. The number of fused-ring (bicyclic) bond motifs is 15. The number of hydrogen-bond acceptors (Lipinski definition) is 4. The van der Waals surface area contributed by atoms with E-state index >= 15 is 0 Å². The molecule has 1 N–H and O–H groups in total. The fourth-order valence-corrected chi connectivity index (χ4v) is 14.1. The van der Waals surface area contributed by atoms with E-state index in [0.717, 1.165) is 35.2 Å². The highest BCUT2D eigenvalue weighted by Crippen LogP contribution is 2.51. The first kappa shape index (κ1) is 38.9. The quantitative estimate of drug-likeness (QED) is 0.179. The Morgan fingerprint density at radius 1 is 0.561 bits per heavy atom. The maximum absolute atomic E-state index is 6.60. The summed E-state index contributed by atoms with van der Waals surface area (Å²) < 4.78 is 14.5. The van der Waals surface area contributed by atoms with Crippen LogP contribution in [-0.2, 0) is 16.2 Å². The van der Waals surface area contributed by atoms with E-state index in [4.69, 9.17) is 4.42 Å². The van der Waals surface area contributed by atoms with Crippen molar-refractivity contribution in [2.45, 2.75) is 77.6 Å². The minimum Gasteiger partial charge on any atom is -0.456 e. The molecular formula is C60H49BN2OS2. The number of thiophene rings is 2. The Bertz CT molecular complexity index is 4090. The lowest BCUT2D eigenvalue weighted by Crippen LogP contribution is -2.37. The first-order chi connectivity index (χ1) is 31.8. The molecule has 0 atom stereocenters. The van der Waals surface area contributed by atoms with Crippen LogP contribution >= 0.6 is 22.7 Å². The minimum absolute atomic E-state index is 0.0747. The molecule has 4 aromatic heterocycles. The maximum Gasteiger partial charge on any atom is 0.198 e. The van der Waals surface area contributed by atoms with Gasteiger partial charge in [-0.25, -0.2) is 0 Å². The fraction of sp³-hybridized carbons (Fsp3) is 0.200. The minimum atomic E-state index is 0.0747. The first-order valence-corrected chi connectivity index (χ1v) is 25.2. The molecule has 1 aliphatic heterocycles. The Hall–Kier alpha value is -6.34. The van der Waals surface area contributed by atoms with Gasteiger partial charge < -0.3 is 14.3 Å². The molecule has 0 spiro atoms. The molecule has 2 aliphatic rings. The molecule has 0 saturated heterocycles. The van der Waals surface area contributed by atoms with Gasteiger partial charge >= 0.3 is 0 Å². The molecule has 12 aromatic rings. The Morgan fingerprint density at radius 2 is 1.24 bits per heavy atom. The summed E-state index contributed by atoms with van der Waals surface area (Å²) in [6.45, 7) is 16.6. The number of nitrogens with one attached hydrogen (secondary N) is 1. The Balaban J connectivity index is 1.07. The predicted molar refractivity (Wildman–Crippen MR) is 289 cm³/mol. The van der Waals surface area contributed by atoms with Crippen LogP contribution < -0.4 is 16.2 Å². The van der Waals surface area contributed by atoms with Crippen LogP contribution in [0.25, 0.3) is 101 Å². The van der Waals surface area contributed by atoms with Gasteiger partial charge in [0.1, 0.15) is 11.2 Å². The third-order valence-electron chi connectivity index (χ3n) is 15.6. The normalized spacial score (nSPS) is 15.4. The van der Waals surface area contributed by atoms with Crippen molar-refractivity contribution in [2.24, 2.45) is 0 Å². The van der Waals surface area contributed by atoms with E-state index in [1.165, 1.54) is 125 Å². The summed E-state index contributed by atoms with van der Waals surface area (Å²) in [6.07, 6.45) is 2.40. The molecule has 0 saturated carbocycles. The Labute approximate surface area is 392 Å². The van der Waals surface area contributed by atoms with Gasteiger partial charge in [0.05, 0.1) is 5.52 Å². The molecule has 1 aliphatic carbocycles. The zero-order valence-corrected chi connectivity index (χ0v) is 40.1. The van der Waals surface area contributed by atoms with E-state index in [9.17, 15) is 0 Å². The molecule has 5 heterocycles. The van der Waals surface area contributed by atoms with Gasteiger partial charge in [-0.3, -0.25) is 0 Å². The van der Waals surface area contributed by atoms with Crippen LogP contribution in [0, 0.1) is 0 Å². The summed E-state index contributed by atoms with van der Waals surface area (Å²) in [7, 11) is 0.810. The highest BCUT2D eigenvalue weighted by Gasteiger charge is 2.38. The monoisotopic (exact) mass is 888 g/mol. The van der Waals surface area contributed by atoms with Gasteiger partial charge in [0, 0.05) is 96.1 Å². The lowest BCUT2D eigenvalue weighted by atomic mass is 9.59. The highest BCUT2D eigenvalue weighted by atomic mass is 32.1. The van der Waals surface area contributed by atoms with Crippen LogP contribution in [-0.4, -0.2) is 11.8 Å². The van der Waals surface area contributed by atoms with Crippen LogP contribution in [0.1, 0.15) is 78.0 Å². The van der Waals surface area contributed by atoms with Crippen molar-refractivity contribution in [3.05, 3.63) is 150 Å². The number of benzene rings is 8. The lowest BCUT2D eigenvalue weighted by Gasteiger charge is -2.41. The van der Waals surface area contributed by atoms with Gasteiger partial charge in [-0.05, 0) is 117 Å². The molecule has 0 bridgehead atoms. The molecule has 0 fully saturated rings. The molecule has 6 heteroatoms. The molecule has 0 radical (unpaired) electrons. The molecule has 66 heavy (non-hydrogen) atoms. The number of hydrogen-bond donors (Lipinski definition) is 1. The summed E-state index contributed by atoms with van der Waals surface area (Å²) in [6, 6.07) is 51.0. The number of rotatable bonds is 3.